The van der Waals surface area contributed by atoms with Crippen molar-refractivity contribution in [3.8, 4) is 0 Å². The second-order valence-corrected chi connectivity index (χ2v) is 1.22. The Bertz CT molecular complexity index is 93.3. The van der Waals surface area contributed by atoms with E-state index in [1.165, 1.54) is 0 Å². The maximum Gasteiger partial charge on any atom is 4.00 e. The Hall–Kier alpha value is 0.174. The van der Waals surface area contributed by atoms with Crippen LogP contribution in [0.25, 0.3) is 0 Å². The van der Waals surface area contributed by atoms with Gasteiger partial charge in [-0.3, -0.25) is 8.42 Å². The fraction of sp³-hybridized carbons (Fsp3) is 0. The Labute approximate surface area is 85.4 Å². The van der Waals surface area contributed by atoms with E-state index in [1.807, 2.05) is 0 Å². The monoisotopic (exact) mass is 276 g/mol. The van der Waals surface area contributed by atoms with E-state index in [1.54, 1.807) is 0 Å². The molecule has 0 aromatic carbocycles. The zero-order chi connectivity index (χ0) is 4.50. The minimum atomic E-state index is -5.17. The van der Waals surface area contributed by atoms with Gasteiger partial charge in [0.1, 0.15) is 0 Å². The summed E-state index contributed by atoms with van der Waals surface area (Å²) >= 11 is 0. The Morgan fingerprint density at radius 1 is 0.769 bits per heavy atom. The molecule has 0 bridgehead atoms. The van der Waals surface area contributed by atoms with Crippen LogP contribution in [0.4, 0.5) is 0 Å². The summed E-state index contributed by atoms with van der Waals surface area (Å²) in [5.74, 6) is 0. The molecule has 13 heteroatoms. The molecule has 0 heterocycles. The van der Waals surface area contributed by atoms with Crippen LogP contribution in [0.1, 0.15) is 0 Å². The molecular formula is H17O11SV+5. The van der Waals surface area contributed by atoms with Crippen LogP contribution in [0.2, 0.25) is 0 Å². The third-order valence-electron chi connectivity index (χ3n) is 0. The Balaban J connectivity index is -0.00000000286. The molecule has 0 rings (SSSR count). The number of hydrogen-bond donors (Lipinski definition) is 0. The third-order valence-corrected chi connectivity index (χ3v) is 0. The molecule has 17 N–H and O–H groups in total. The van der Waals surface area contributed by atoms with Crippen molar-refractivity contribution in [2.75, 3.05) is 0 Å². The molecule has 1 radical (unpaired) electrons. The molecule has 89 valence electrons. The first-order chi connectivity index (χ1) is 2.00. The molecule has 0 aliphatic rings. The van der Waals surface area contributed by atoms with Crippen LogP contribution in [0.5, 0.6) is 0 Å². The number of hydrogen-bond acceptors (Lipinski definition) is 4. The predicted molar refractivity (Wildman–Crippen MR) is 39.1 cm³/mol. The van der Waals surface area contributed by atoms with Crippen LogP contribution in [0.15, 0.2) is 0 Å². The van der Waals surface area contributed by atoms with Gasteiger partial charge < -0.3 is 47.4 Å². The van der Waals surface area contributed by atoms with Crippen molar-refractivity contribution in [1.82, 2.24) is 0 Å². The minimum absolute atomic E-state index is 0. The average Bonchev–Trinajstić information content (AvgIpc) is 0.722. The summed E-state index contributed by atoms with van der Waals surface area (Å²) in [5.41, 5.74) is 0. The molecule has 0 saturated heterocycles. The zero-order valence-corrected chi connectivity index (χ0v) is 8.50. The largest absolute Gasteiger partial charge is 4.00 e. The maximum absolute atomic E-state index is 8.52. The van der Waals surface area contributed by atoms with Crippen LogP contribution >= 0.6 is 0 Å². The van der Waals surface area contributed by atoms with Gasteiger partial charge in [-0.05, 0) is 0 Å². The molecule has 0 spiro atoms. The molecule has 0 amide bonds. The summed E-state index contributed by atoms with van der Waals surface area (Å²) in [5, 5.41) is 0. The molecule has 11 nitrogen and oxygen atoms in total. The Morgan fingerprint density at radius 2 is 0.769 bits per heavy atom. The first-order valence-electron chi connectivity index (χ1n) is 0.667. The van der Waals surface area contributed by atoms with Gasteiger partial charge in [-0.25, -0.2) is 0 Å². The van der Waals surface area contributed by atoms with Crippen LogP contribution in [-0.2, 0) is 61.8 Å². The van der Waals surface area contributed by atoms with Gasteiger partial charge in [0.15, 0.2) is 0 Å². The van der Waals surface area contributed by atoms with Gasteiger partial charge in [0, 0.05) is 10.4 Å². The fourth-order valence-corrected chi connectivity index (χ4v) is 0. The van der Waals surface area contributed by atoms with Gasteiger partial charge in [-0.15, -0.1) is 0 Å². The van der Waals surface area contributed by atoms with E-state index < -0.39 is 10.4 Å². The van der Waals surface area contributed by atoms with Crippen LogP contribution < -0.4 is 0 Å². The molecule has 0 unspecified atom stereocenters. The van der Waals surface area contributed by atoms with Gasteiger partial charge in [0.2, 0.25) is 0 Å². The Morgan fingerprint density at radius 3 is 0.769 bits per heavy atom. The van der Waals surface area contributed by atoms with Gasteiger partial charge in [0.05, 0.1) is 0 Å². The van der Waals surface area contributed by atoms with E-state index in [-0.39, 0.29) is 56.9 Å². The van der Waals surface area contributed by atoms with Crippen molar-refractivity contribution in [2.45, 2.75) is 0 Å². The summed E-state index contributed by atoms with van der Waals surface area (Å²) in [7, 11) is -5.17. The van der Waals surface area contributed by atoms with E-state index in [0.717, 1.165) is 0 Å². The van der Waals surface area contributed by atoms with Gasteiger partial charge in [-0.1, -0.05) is 0 Å². The molecule has 0 aromatic rings. The molecule has 13 heavy (non-hydrogen) atoms. The van der Waals surface area contributed by atoms with Crippen molar-refractivity contribution in [3.63, 3.8) is 0 Å². The van der Waals surface area contributed by atoms with Crippen molar-refractivity contribution in [3.05, 3.63) is 0 Å². The molecule has 0 atom stereocenters. The zero-order valence-electron chi connectivity index (χ0n) is 6.28. The van der Waals surface area contributed by atoms with Gasteiger partial charge >= 0.3 is 18.6 Å². The summed E-state index contributed by atoms with van der Waals surface area (Å²) in [6.07, 6.45) is 0. The van der Waals surface area contributed by atoms with E-state index in [9.17, 15) is 0 Å². The van der Waals surface area contributed by atoms with E-state index in [0.29, 0.717) is 0 Å². The van der Waals surface area contributed by atoms with E-state index in [2.05, 4.69) is 0 Å². The quantitative estimate of drug-likeness (QED) is 0.236. The first kappa shape index (κ1) is 112. The molecule has 0 aromatic heterocycles. The molecule has 0 aliphatic carbocycles. The van der Waals surface area contributed by atoms with Gasteiger partial charge in [-0.2, -0.15) is 0 Å². The Kier molecular flexibility index (Phi) is 344. The molecule has 0 saturated carbocycles. The topological polar surface area (TPSA) is 305 Å². The standard InChI is InChI=1S/H2O4S.6H2O.O.V/c1-5(2,3)4;;;;;;;;/h(H2,1,2,3,4);6*1H2;;/q;;;;;;;-2;+4/p+3. The predicted octanol–water partition coefficient (Wildman–Crippen LogP) is -6.89. The summed E-state index contributed by atoms with van der Waals surface area (Å²) in [6.45, 7) is 0. The van der Waals surface area contributed by atoms with Crippen LogP contribution in [0.3, 0.4) is 0 Å². The maximum atomic E-state index is 8.52. The van der Waals surface area contributed by atoms with E-state index >= 15 is 0 Å². The summed E-state index contributed by atoms with van der Waals surface area (Å²) < 4.78 is 34.1. The molecule has 0 fully saturated rings. The van der Waals surface area contributed by atoms with Crippen molar-refractivity contribution in [1.29, 1.82) is 0 Å². The fourth-order valence-electron chi connectivity index (χ4n) is 0. The normalized spacial score (nSPS) is 4.46. The van der Waals surface area contributed by atoms with Crippen molar-refractivity contribution >= 4 is 10.4 Å². The van der Waals surface area contributed by atoms with E-state index in [4.69, 9.17) is 17.5 Å². The molecular weight excluding hydrogens is 259 g/mol. The summed E-state index contributed by atoms with van der Waals surface area (Å²) in [4.78, 5) is 0. The minimum Gasteiger partial charge on any atom is -2.00 e. The molecule has 0 aliphatic heterocycles. The average molecular weight is 276 g/mol. The van der Waals surface area contributed by atoms with Crippen LogP contribution in [-0.4, -0.2) is 23.0 Å². The second-order valence-electron chi connectivity index (χ2n) is 0.408. The van der Waals surface area contributed by atoms with Crippen molar-refractivity contribution < 1.29 is 74.4 Å². The SMILES string of the molecule is O.O=S(=O)([O-])[O-].[O-2].[OH3+].[OH3+].[OH3+].[OH3+].[OH3+].[V+4]. The smallest absolute Gasteiger partial charge is 2.00 e. The summed E-state index contributed by atoms with van der Waals surface area (Å²) in [6, 6.07) is 0. The van der Waals surface area contributed by atoms with Crippen LogP contribution in [0, 0.1) is 0 Å². The van der Waals surface area contributed by atoms with Crippen molar-refractivity contribution in [2.24, 2.45) is 0 Å². The van der Waals surface area contributed by atoms with Gasteiger partial charge in [0.25, 0.3) is 0 Å². The second kappa shape index (κ2) is 39.9. The first-order valence-corrected chi connectivity index (χ1v) is 2.00. The number of rotatable bonds is 0. The third kappa shape index (κ3) is 41400.